The minimum atomic E-state index is -0.770. The number of Topliss-reactive ketones (excluding diaryl/α,β-unsaturated/α-hetero) is 1. The molecule has 2 aromatic carbocycles. The maximum atomic E-state index is 13.0. The number of aromatic hydroxyl groups is 1. The number of phenols is 1. The van der Waals surface area contributed by atoms with Gasteiger partial charge in [-0.15, -0.1) is 0 Å². The normalized spacial score (nSPS) is 18.0. The number of rotatable bonds is 7. The molecule has 7 nitrogen and oxygen atoms in total. The first-order valence-electron chi connectivity index (χ1n) is 9.72. The van der Waals surface area contributed by atoms with Crippen LogP contribution in [0.25, 0.3) is 5.76 Å². The number of amides is 1. The average Bonchev–Trinajstić information content (AvgIpc) is 3.01. The molecule has 3 rings (SSSR count). The van der Waals surface area contributed by atoms with Gasteiger partial charge in [-0.25, -0.2) is 0 Å². The zero-order valence-corrected chi connectivity index (χ0v) is 17.2. The zero-order chi connectivity index (χ0) is 21.8. The van der Waals surface area contributed by atoms with Crippen LogP contribution in [0, 0.1) is 0 Å². The minimum absolute atomic E-state index is 0.0201. The third kappa shape index (κ3) is 3.83. The zero-order valence-electron chi connectivity index (χ0n) is 17.2. The number of phenolic OH excluding ortho intramolecular Hbond substituents is 1. The highest BCUT2D eigenvalue weighted by Crippen LogP contribution is 2.42. The van der Waals surface area contributed by atoms with Gasteiger partial charge in [0, 0.05) is 6.54 Å². The molecule has 1 aliphatic rings. The van der Waals surface area contributed by atoms with Crippen LogP contribution >= 0.6 is 0 Å². The fourth-order valence-corrected chi connectivity index (χ4v) is 3.59. The Hall–Kier alpha value is -3.48. The fourth-order valence-electron chi connectivity index (χ4n) is 3.59. The topological polar surface area (TPSA) is 96.3 Å². The van der Waals surface area contributed by atoms with Crippen LogP contribution in [0.3, 0.4) is 0 Å². The number of benzene rings is 2. The summed E-state index contributed by atoms with van der Waals surface area (Å²) in [5.41, 5.74) is 0.856. The van der Waals surface area contributed by atoms with Crippen molar-refractivity contribution in [2.45, 2.75) is 25.8 Å². The van der Waals surface area contributed by atoms with E-state index in [1.54, 1.807) is 30.3 Å². The maximum absolute atomic E-state index is 13.0. The first-order chi connectivity index (χ1) is 14.4. The standard InChI is InChI=1S/C23H25NO6/c1-4-5-12-24-20(14-6-8-15(25)9-7-14)19(22(27)23(24)28)21(26)17-13-16(29-2)10-11-18(17)30-3/h6-11,13,20,25-26H,4-5,12H2,1-3H3/b21-19+. The third-order valence-corrected chi connectivity index (χ3v) is 5.16. The largest absolute Gasteiger partial charge is 0.508 e. The number of unbranched alkanes of at least 4 members (excludes halogenated alkanes) is 1. The van der Waals surface area contributed by atoms with Crippen LogP contribution in [-0.2, 0) is 9.59 Å². The second kappa shape index (κ2) is 8.90. The van der Waals surface area contributed by atoms with E-state index in [0.717, 1.165) is 6.42 Å². The van der Waals surface area contributed by atoms with Gasteiger partial charge in [0.05, 0.1) is 31.4 Å². The van der Waals surface area contributed by atoms with Crippen molar-refractivity contribution < 1.29 is 29.3 Å². The second-order valence-electron chi connectivity index (χ2n) is 7.00. The third-order valence-electron chi connectivity index (χ3n) is 5.16. The van der Waals surface area contributed by atoms with Gasteiger partial charge in [0.2, 0.25) is 0 Å². The number of aliphatic hydroxyl groups is 1. The smallest absolute Gasteiger partial charge is 0.295 e. The van der Waals surface area contributed by atoms with Crippen LogP contribution < -0.4 is 9.47 Å². The lowest BCUT2D eigenvalue weighted by molar-refractivity contribution is -0.139. The Morgan fingerprint density at radius 2 is 1.77 bits per heavy atom. The Bertz CT molecular complexity index is 980. The van der Waals surface area contributed by atoms with E-state index < -0.39 is 17.7 Å². The van der Waals surface area contributed by atoms with Gasteiger partial charge < -0.3 is 24.6 Å². The summed E-state index contributed by atoms with van der Waals surface area (Å²) < 4.78 is 10.6. The van der Waals surface area contributed by atoms with E-state index in [4.69, 9.17) is 9.47 Å². The van der Waals surface area contributed by atoms with Crippen LogP contribution in [-0.4, -0.2) is 47.6 Å². The molecule has 0 spiro atoms. The number of ketones is 1. The molecule has 7 heteroatoms. The number of hydrogen-bond acceptors (Lipinski definition) is 6. The lowest BCUT2D eigenvalue weighted by Gasteiger charge is -2.25. The van der Waals surface area contributed by atoms with Crippen LogP contribution in [0.1, 0.15) is 36.9 Å². The van der Waals surface area contributed by atoms with E-state index in [1.165, 1.54) is 31.3 Å². The summed E-state index contributed by atoms with van der Waals surface area (Å²) in [7, 11) is 2.95. The molecule has 1 atom stereocenters. The second-order valence-corrected chi connectivity index (χ2v) is 7.00. The molecule has 2 aromatic rings. The Balaban J connectivity index is 2.22. The summed E-state index contributed by atoms with van der Waals surface area (Å²) in [5, 5.41) is 20.8. The molecule has 1 saturated heterocycles. The SMILES string of the molecule is CCCCN1C(=O)C(=O)/C(=C(/O)c2cc(OC)ccc2OC)C1c1ccc(O)cc1. The van der Waals surface area contributed by atoms with E-state index in [-0.39, 0.29) is 22.6 Å². The van der Waals surface area contributed by atoms with Crippen LogP contribution in [0.4, 0.5) is 0 Å². The van der Waals surface area contributed by atoms with Gasteiger partial charge in [0.25, 0.3) is 11.7 Å². The quantitative estimate of drug-likeness (QED) is 0.410. The monoisotopic (exact) mass is 411 g/mol. The van der Waals surface area contributed by atoms with Crippen molar-refractivity contribution >= 4 is 17.4 Å². The molecule has 0 saturated carbocycles. The molecular weight excluding hydrogens is 386 g/mol. The van der Waals surface area contributed by atoms with E-state index >= 15 is 0 Å². The molecule has 1 aliphatic heterocycles. The molecule has 0 aliphatic carbocycles. The van der Waals surface area contributed by atoms with E-state index in [0.29, 0.717) is 30.0 Å². The van der Waals surface area contributed by atoms with E-state index in [2.05, 4.69) is 0 Å². The van der Waals surface area contributed by atoms with Gasteiger partial charge in [0.15, 0.2) is 0 Å². The Kier molecular flexibility index (Phi) is 6.30. The summed E-state index contributed by atoms with van der Waals surface area (Å²) in [6, 6.07) is 10.3. The maximum Gasteiger partial charge on any atom is 0.295 e. The molecule has 1 amide bonds. The van der Waals surface area contributed by atoms with Gasteiger partial charge >= 0.3 is 0 Å². The summed E-state index contributed by atoms with van der Waals surface area (Å²) in [4.78, 5) is 27.2. The summed E-state index contributed by atoms with van der Waals surface area (Å²) >= 11 is 0. The molecule has 1 fully saturated rings. The number of methoxy groups -OCH3 is 2. The molecule has 0 bridgehead atoms. The van der Waals surface area contributed by atoms with Crippen LogP contribution in [0.2, 0.25) is 0 Å². The molecule has 0 aromatic heterocycles. The van der Waals surface area contributed by atoms with Crippen LogP contribution in [0.15, 0.2) is 48.0 Å². The number of carbonyl (C=O) groups excluding carboxylic acids is 2. The first-order valence-corrected chi connectivity index (χ1v) is 9.72. The number of aliphatic hydroxyl groups excluding tert-OH is 1. The number of likely N-dealkylation sites (tertiary alicyclic amines) is 1. The highest BCUT2D eigenvalue weighted by molar-refractivity contribution is 6.46. The van der Waals surface area contributed by atoms with Crippen molar-refractivity contribution in [2.24, 2.45) is 0 Å². The number of ether oxygens (including phenoxy) is 2. The first kappa shape index (κ1) is 21.2. The molecule has 2 N–H and O–H groups in total. The average molecular weight is 411 g/mol. The van der Waals surface area contributed by atoms with E-state index in [9.17, 15) is 19.8 Å². The molecular formula is C23H25NO6. The molecule has 30 heavy (non-hydrogen) atoms. The van der Waals surface area contributed by atoms with Crippen molar-refractivity contribution in [3.63, 3.8) is 0 Å². The minimum Gasteiger partial charge on any atom is -0.508 e. The highest BCUT2D eigenvalue weighted by Gasteiger charge is 2.46. The highest BCUT2D eigenvalue weighted by atomic mass is 16.5. The predicted molar refractivity (Wildman–Crippen MR) is 112 cm³/mol. The van der Waals surface area contributed by atoms with Crippen molar-refractivity contribution in [1.82, 2.24) is 4.90 Å². The Labute approximate surface area is 175 Å². The number of carbonyl (C=O) groups is 2. The van der Waals surface area contributed by atoms with Crippen LogP contribution in [0.5, 0.6) is 17.2 Å². The Morgan fingerprint density at radius 1 is 1.07 bits per heavy atom. The molecule has 1 unspecified atom stereocenters. The lowest BCUT2D eigenvalue weighted by atomic mass is 9.94. The van der Waals surface area contributed by atoms with Crippen molar-refractivity contribution in [3.8, 4) is 17.2 Å². The molecule has 158 valence electrons. The summed E-state index contributed by atoms with van der Waals surface area (Å²) in [6.45, 7) is 2.37. The fraction of sp³-hybridized carbons (Fsp3) is 0.304. The number of hydrogen-bond donors (Lipinski definition) is 2. The Morgan fingerprint density at radius 3 is 2.37 bits per heavy atom. The van der Waals surface area contributed by atoms with Gasteiger partial charge in [0.1, 0.15) is 23.0 Å². The van der Waals surface area contributed by atoms with Crippen molar-refractivity contribution in [1.29, 1.82) is 0 Å². The van der Waals surface area contributed by atoms with Gasteiger partial charge in [-0.05, 0) is 42.3 Å². The summed E-state index contributed by atoms with van der Waals surface area (Å²) in [5.74, 6) is -0.868. The molecule has 0 radical (unpaired) electrons. The van der Waals surface area contributed by atoms with Gasteiger partial charge in [-0.1, -0.05) is 25.5 Å². The van der Waals surface area contributed by atoms with Gasteiger partial charge in [-0.2, -0.15) is 0 Å². The van der Waals surface area contributed by atoms with Crippen molar-refractivity contribution in [3.05, 3.63) is 59.2 Å². The summed E-state index contributed by atoms with van der Waals surface area (Å²) in [6.07, 6.45) is 1.55. The number of nitrogens with zero attached hydrogens (tertiary/aromatic N) is 1. The lowest BCUT2D eigenvalue weighted by Crippen LogP contribution is -2.30. The molecule has 1 heterocycles. The predicted octanol–water partition coefficient (Wildman–Crippen LogP) is 3.63. The van der Waals surface area contributed by atoms with E-state index in [1.807, 2.05) is 6.92 Å². The van der Waals surface area contributed by atoms with Gasteiger partial charge in [-0.3, -0.25) is 9.59 Å². The van der Waals surface area contributed by atoms with Crippen molar-refractivity contribution in [2.75, 3.05) is 20.8 Å².